The zero-order valence-electron chi connectivity index (χ0n) is 11.7. The quantitative estimate of drug-likeness (QED) is 0.763. The van der Waals surface area contributed by atoms with Crippen LogP contribution in [0.15, 0.2) is 65.3 Å². The molecule has 0 amide bonds. The minimum Gasteiger partial charge on any atom is -0.387 e. The molecular formula is C16H14BrN5. The summed E-state index contributed by atoms with van der Waals surface area (Å²) in [6.45, 7) is 0.761. The molecule has 0 spiro atoms. The van der Waals surface area contributed by atoms with E-state index >= 15 is 0 Å². The van der Waals surface area contributed by atoms with Crippen molar-refractivity contribution >= 4 is 22.0 Å². The number of aromatic nitrogens is 4. The van der Waals surface area contributed by atoms with Crippen LogP contribution < -0.4 is 5.32 Å². The molecule has 2 aromatic carbocycles. The van der Waals surface area contributed by atoms with Gasteiger partial charge in [0.05, 0.1) is 5.69 Å². The highest BCUT2D eigenvalue weighted by molar-refractivity contribution is 9.10. The van der Waals surface area contributed by atoms with Crippen molar-refractivity contribution in [3.8, 4) is 5.69 Å². The molecule has 0 aliphatic heterocycles. The molecule has 0 fully saturated rings. The second kappa shape index (κ2) is 7.00. The molecule has 5 nitrogen and oxygen atoms in total. The summed E-state index contributed by atoms with van der Waals surface area (Å²) >= 11 is 3.42. The van der Waals surface area contributed by atoms with Gasteiger partial charge in [-0.15, -0.1) is 5.10 Å². The molecule has 0 unspecified atom stereocenters. The highest BCUT2D eigenvalue weighted by Gasteiger charge is 2.04. The average Bonchev–Trinajstić information content (AvgIpc) is 3.02. The Morgan fingerprint density at radius 3 is 2.59 bits per heavy atom. The smallest absolute Gasteiger partial charge is 0.181 e. The van der Waals surface area contributed by atoms with Crippen LogP contribution in [-0.4, -0.2) is 20.2 Å². The fourth-order valence-corrected chi connectivity index (χ4v) is 2.23. The SMILES string of the molecule is Brc1ccc(-n2nnnc2C=CNCc2ccccc2)cc1. The third-order valence-electron chi connectivity index (χ3n) is 3.06. The van der Waals surface area contributed by atoms with Crippen molar-refractivity contribution < 1.29 is 0 Å². The van der Waals surface area contributed by atoms with Gasteiger partial charge in [-0.2, -0.15) is 4.68 Å². The van der Waals surface area contributed by atoms with Crippen LogP contribution in [0.4, 0.5) is 0 Å². The van der Waals surface area contributed by atoms with Gasteiger partial charge < -0.3 is 5.32 Å². The van der Waals surface area contributed by atoms with Gasteiger partial charge >= 0.3 is 0 Å². The minimum atomic E-state index is 0.669. The second-order valence-electron chi connectivity index (χ2n) is 4.63. The normalized spacial score (nSPS) is 11.0. The average molecular weight is 356 g/mol. The molecule has 3 aromatic rings. The van der Waals surface area contributed by atoms with Crippen molar-refractivity contribution in [3.63, 3.8) is 0 Å². The van der Waals surface area contributed by atoms with Crippen LogP contribution in [0.5, 0.6) is 0 Å². The summed E-state index contributed by atoms with van der Waals surface area (Å²) in [6, 6.07) is 18.0. The van der Waals surface area contributed by atoms with Crippen LogP contribution in [0.1, 0.15) is 11.4 Å². The van der Waals surface area contributed by atoms with Crippen molar-refractivity contribution in [3.05, 3.63) is 76.7 Å². The minimum absolute atomic E-state index is 0.669. The summed E-state index contributed by atoms with van der Waals surface area (Å²) < 4.78 is 2.71. The first-order valence-corrected chi connectivity index (χ1v) is 7.60. The number of nitrogens with one attached hydrogen (secondary N) is 1. The Morgan fingerprint density at radius 2 is 1.82 bits per heavy atom. The van der Waals surface area contributed by atoms with E-state index in [1.54, 1.807) is 4.68 Å². The molecule has 6 heteroatoms. The largest absolute Gasteiger partial charge is 0.387 e. The topological polar surface area (TPSA) is 55.6 Å². The molecule has 0 bridgehead atoms. The van der Waals surface area contributed by atoms with E-state index < -0.39 is 0 Å². The maximum absolute atomic E-state index is 4.02. The molecule has 0 saturated heterocycles. The number of rotatable bonds is 5. The summed E-state index contributed by atoms with van der Waals surface area (Å²) in [4.78, 5) is 0. The lowest BCUT2D eigenvalue weighted by Gasteiger charge is -2.02. The Morgan fingerprint density at radius 1 is 1.05 bits per heavy atom. The van der Waals surface area contributed by atoms with E-state index in [0.717, 1.165) is 16.7 Å². The van der Waals surface area contributed by atoms with Crippen LogP contribution in [0, 0.1) is 0 Å². The van der Waals surface area contributed by atoms with Crippen LogP contribution in [0.3, 0.4) is 0 Å². The highest BCUT2D eigenvalue weighted by atomic mass is 79.9. The summed E-state index contributed by atoms with van der Waals surface area (Å²) in [7, 11) is 0. The number of halogens is 1. The van der Waals surface area contributed by atoms with Crippen LogP contribution in [-0.2, 0) is 6.54 Å². The lowest BCUT2D eigenvalue weighted by Crippen LogP contribution is -2.05. The zero-order valence-corrected chi connectivity index (χ0v) is 13.3. The molecule has 0 aliphatic carbocycles. The van der Waals surface area contributed by atoms with Crippen molar-refractivity contribution in [2.75, 3.05) is 0 Å². The molecule has 1 N–H and O–H groups in total. The van der Waals surface area contributed by atoms with Crippen LogP contribution in [0.25, 0.3) is 11.8 Å². The molecule has 22 heavy (non-hydrogen) atoms. The number of tetrazole rings is 1. The molecule has 0 aliphatic rings. The summed E-state index contributed by atoms with van der Waals surface area (Å²) in [5.74, 6) is 0.669. The van der Waals surface area contributed by atoms with Gasteiger partial charge in [-0.1, -0.05) is 46.3 Å². The lowest BCUT2D eigenvalue weighted by atomic mass is 10.2. The molecule has 110 valence electrons. The van der Waals surface area contributed by atoms with Crippen molar-refractivity contribution in [1.82, 2.24) is 25.5 Å². The number of nitrogens with zero attached hydrogens (tertiary/aromatic N) is 4. The molecule has 1 aromatic heterocycles. The van der Waals surface area contributed by atoms with E-state index in [9.17, 15) is 0 Å². The van der Waals surface area contributed by atoms with Gasteiger partial charge in [-0.05, 0) is 40.3 Å². The Labute approximate surface area is 136 Å². The van der Waals surface area contributed by atoms with E-state index in [1.807, 2.05) is 54.7 Å². The second-order valence-corrected chi connectivity index (χ2v) is 5.54. The van der Waals surface area contributed by atoms with E-state index in [-0.39, 0.29) is 0 Å². The summed E-state index contributed by atoms with van der Waals surface area (Å²) in [6.07, 6.45) is 3.71. The number of benzene rings is 2. The lowest BCUT2D eigenvalue weighted by molar-refractivity contribution is 0.786. The molecule has 1 heterocycles. The Kier molecular flexibility index (Phi) is 4.60. The Bertz CT molecular complexity index is 750. The fraction of sp³-hybridized carbons (Fsp3) is 0.0625. The molecular weight excluding hydrogens is 342 g/mol. The van der Waals surface area contributed by atoms with E-state index in [2.05, 4.69) is 48.9 Å². The number of hydrogen-bond donors (Lipinski definition) is 1. The monoisotopic (exact) mass is 355 g/mol. The first-order chi connectivity index (χ1) is 10.8. The molecule has 0 radical (unpaired) electrons. The first kappa shape index (κ1) is 14.5. The van der Waals surface area contributed by atoms with Crippen molar-refractivity contribution in [1.29, 1.82) is 0 Å². The van der Waals surface area contributed by atoms with Crippen LogP contribution in [0.2, 0.25) is 0 Å². The van der Waals surface area contributed by atoms with E-state index in [1.165, 1.54) is 5.56 Å². The predicted molar refractivity (Wildman–Crippen MR) is 89.2 cm³/mol. The van der Waals surface area contributed by atoms with Crippen molar-refractivity contribution in [2.45, 2.75) is 6.54 Å². The molecule has 0 atom stereocenters. The van der Waals surface area contributed by atoms with E-state index in [4.69, 9.17) is 0 Å². The van der Waals surface area contributed by atoms with Gasteiger partial charge in [0.25, 0.3) is 0 Å². The van der Waals surface area contributed by atoms with Crippen molar-refractivity contribution in [2.24, 2.45) is 0 Å². The van der Waals surface area contributed by atoms with E-state index in [0.29, 0.717) is 5.82 Å². The highest BCUT2D eigenvalue weighted by Crippen LogP contribution is 2.14. The number of hydrogen-bond acceptors (Lipinski definition) is 4. The van der Waals surface area contributed by atoms with Gasteiger partial charge in [-0.3, -0.25) is 0 Å². The fourth-order valence-electron chi connectivity index (χ4n) is 1.97. The van der Waals surface area contributed by atoms with Gasteiger partial charge in [0, 0.05) is 23.3 Å². The summed E-state index contributed by atoms with van der Waals surface area (Å²) in [5, 5.41) is 15.0. The van der Waals surface area contributed by atoms with Gasteiger partial charge in [0.1, 0.15) is 0 Å². The maximum Gasteiger partial charge on any atom is 0.181 e. The van der Waals surface area contributed by atoms with Gasteiger partial charge in [-0.25, -0.2) is 0 Å². The third kappa shape index (κ3) is 3.59. The summed E-state index contributed by atoms with van der Waals surface area (Å²) in [5.41, 5.74) is 2.13. The zero-order chi connectivity index (χ0) is 15.2. The van der Waals surface area contributed by atoms with Gasteiger partial charge in [0.2, 0.25) is 0 Å². The van der Waals surface area contributed by atoms with Crippen LogP contribution >= 0.6 is 15.9 Å². The maximum atomic E-state index is 4.02. The predicted octanol–water partition coefficient (Wildman–Crippen LogP) is 3.19. The Balaban J connectivity index is 1.67. The Hall–Kier alpha value is -2.47. The molecule has 0 saturated carbocycles. The first-order valence-electron chi connectivity index (χ1n) is 6.81. The standard InChI is InChI=1S/C16H14BrN5/c17-14-6-8-15(9-7-14)22-16(19-20-21-22)10-11-18-12-13-4-2-1-3-5-13/h1-11,18H,12H2. The van der Waals surface area contributed by atoms with Gasteiger partial charge in [0.15, 0.2) is 5.82 Å². The third-order valence-corrected chi connectivity index (χ3v) is 3.59. The molecule has 3 rings (SSSR count).